The van der Waals surface area contributed by atoms with Crippen molar-refractivity contribution in [3.8, 4) is 0 Å². The van der Waals surface area contributed by atoms with Crippen LogP contribution in [0.4, 0.5) is 20.2 Å². The number of nitrogens with one attached hydrogen (secondary N) is 2. The number of hydrogen-bond donors (Lipinski definition) is 2. The van der Waals surface area contributed by atoms with Gasteiger partial charge < -0.3 is 10.6 Å². The largest absolute Gasteiger partial charge is 0.326 e. The normalized spacial score (nSPS) is 13.3. The fraction of sp³-hybridized carbons (Fsp3) is 0.263. The number of aryl methyl sites for hydroxylation is 1. The molecule has 0 aromatic heterocycles. The van der Waals surface area contributed by atoms with Gasteiger partial charge in [0.15, 0.2) is 11.6 Å². The molecule has 136 valence electrons. The van der Waals surface area contributed by atoms with Crippen molar-refractivity contribution in [2.24, 2.45) is 5.92 Å². The van der Waals surface area contributed by atoms with E-state index in [4.69, 9.17) is 0 Å². The Bertz CT molecular complexity index is 853. The van der Waals surface area contributed by atoms with Crippen LogP contribution in [0.5, 0.6) is 0 Å². The molecular formula is C19H18F2N2O2S. The van der Waals surface area contributed by atoms with Crippen LogP contribution in [0.1, 0.15) is 18.4 Å². The predicted octanol–water partition coefficient (Wildman–Crippen LogP) is 4.35. The minimum Gasteiger partial charge on any atom is -0.326 e. The number of hydrogen-bond acceptors (Lipinski definition) is 3. The maximum atomic E-state index is 13.2. The Morgan fingerprint density at radius 2 is 1.85 bits per heavy atom. The lowest BCUT2D eigenvalue weighted by Gasteiger charge is -2.11. The molecule has 0 unspecified atom stereocenters. The molecule has 4 nitrogen and oxygen atoms in total. The summed E-state index contributed by atoms with van der Waals surface area (Å²) in [5.74, 6) is -1.97. The number of halogens is 2. The lowest BCUT2D eigenvalue weighted by atomic mass is 10.1. The van der Waals surface area contributed by atoms with Gasteiger partial charge in [-0.05, 0) is 55.7 Å². The Kier molecular flexibility index (Phi) is 5.56. The molecule has 2 amide bonds. The summed E-state index contributed by atoms with van der Waals surface area (Å²) in [5, 5.41) is 5.63. The van der Waals surface area contributed by atoms with Crippen LogP contribution >= 0.6 is 11.8 Å². The second-order valence-electron chi connectivity index (χ2n) is 6.21. The Hall–Kier alpha value is -2.41. The summed E-state index contributed by atoms with van der Waals surface area (Å²) in [4.78, 5) is 24.5. The van der Waals surface area contributed by atoms with E-state index in [1.165, 1.54) is 6.07 Å². The molecule has 1 saturated carbocycles. The molecule has 1 fully saturated rings. The van der Waals surface area contributed by atoms with Gasteiger partial charge in [-0.2, -0.15) is 0 Å². The second-order valence-corrected chi connectivity index (χ2v) is 7.25. The zero-order valence-electron chi connectivity index (χ0n) is 14.1. The molecule has 0 radical (unpaired) electrons. The Balaban J connectivity index is 1.59. The van der Waals surface area contributed by atoms with E-state index in [0.717, 1.165) is 42.3 Å². The van der Waals surface area contributed by atoms with Crippen molar-refractivity contribution in [1.29, 1.82) is 0 Å². The highest BCUT2D eigenvalue weighted by Crippen LogP contribution is 2.31. The lowest BCUT2D eigenvalue weighted by molar-refractivity contribution is -0.117. The van der Waals surface area contributed by atoms with E-state index in [-0.39, 0.29) is 23.5 Å². The number of thioether (sulfide) groups is 1. The fourth-order valence-corrected chi connectivity index (χ4v) is 3.05. The van der Waals surface area contributed by atoms with Gasteiger partial charge in [0.25, 0.3) is 0 Å². The van der Waals surface area contributed by atoms with Crippen molar-refractivity contribution in [2.45, 2.75) is 24.7 Å². The van der Waals surface area contributed by atoms with Crippen LogP contribution in [0.2, 0.25) is 0 Å². The third kappa shape index (κ3) is 4.82. The summed E-state index contributed by atoms with van der Waals surface area (Å²) in [6.45, 7) is 1.85. The van der Waals surface area contributed by atoms with Gasteiger partial charge in [-0.15, -0.1) is 11.8 Å². The van der Waals surface area contributed by atoms with Gasteiger partial charge in [-0.1, -0.05) is 6.07 Å². The molecule has 1 aliphatic carbocycles. The van der Waals surface area contributed by atoms with Crippen molar-refractivity contribution >= 4 is 35.0 Å². The third-order valence-electron chi connectivity index (χ3n) is 3.99. The lowest BCUT2D eigenvalue weighted by Crippen LogP contribution is -2.16. The first-order chi connectivity index (χ1) is 12.4. The van der Waals surface area contributed by atoms with E-state index in [1.807, 2.05) is 13.0 Å². The molecule has 3 rings (SSSR count). The summed E-state index contributed by atoms with van der Waals surface area (Å²) in [6.07, 6.45) is 1.84. The van der Waals surface area contributed by atoms with Crippen LogP contribution in [0.25, 0.3) is 0 Å². The number of anilines is 2. The first kappa shape index (κ1) is 18.4. The highest BCUT2D eigenvalue weighted by atomic mass is 32.2. The van der Waals surface area contributed by atoms with Crippen LogP contribution in [-0.4, -0.2) is 17.6 Å². The molecule has 2 N–H and O–H groups in total. The van der Waals surface area contributed by atoms with Gasteiger partial charge in [0.1, 0.15) is 0 Å². The van der Waals surface area contributed by atoms with Crippen molar-refractivity contribution < 1.29 is 18.4 Å². The van der Waals surface area contributed by atoms with Gasteiger partial charge in [0, 0.05) is 22.2 Å². The smallest absolute Gasteiger partial charge is 0.234 e. The minimum absolute atomic E-state index is 0.0000200. The number of benzene rings is 2. The Morgan fingerprint density at radius 1 is 1.08 bits per heavy atom. The number of carbonyl (C=O) groups excluding carboxylic acids is 2. The molecule has 0 aliphatic heterocycles. The minimum atomic E-state index is -0.939. The molecule has 2 aromatic carbocycles. The van der Waals surface area contributed by atoms with Gasteiger partial charge in [0.05, 0.1) is 5.75 Å². The van der Waals surface area contributed by atoms with Crippen molar-refractivity contribution in [1.82, 2.24) is 0 Å². The summed E-state index contributed by atoms with van der Waals surface area (Å²) in [6, 6.07) is 8.85. The molecule has 2 aromatic rings. The van der Waals surface area contributed by atoms with Crippen LogP contribution < -0.4 is 10.6 Å². The first-order valence-corrected chi connectivity index (χ1v) is 9.20. The maximum Gasteiger partial charge on any atom is 0.234 e. The molecule has 7 heteroatoms. The summed E-state index contributed by atoms with van der Waals surface area (Å²) in [7, 11) is 0. The first-order valence-electron chi connectivity index (χ1n) is 8.21. The Morgan fingerprint density at radius 3 is 2.54 bits per heavy atom. The van der Waals surface area contributed by atoms with E-state index >= 15 is 0 Å². The van der Waals surface area contributed by atoms with Crippen LogP contribution in [0.15, 0.2) is 41.3 Å². The number of rotatable bonds is 6. The number of amides is 2. The topological polar surface area (TPSA) is 58.2 Å². The maximum absolute atomic E-state index is 13.2. The van der Waals surface area contributed by atoms with Gasteiger partial charge in [0.2, 0.25) is 11.8 Å². The van der Waals surface area contributed by atoms with E-state index in [9.17, 15) is 18.4 Å². The summed E-state index contributed by atoms with van der Waals surface area (Å²) >= 11 is 1.12. The average molecular weight is 376 g/mol. The van der Waals surface area contributed by atoms with Gasteiger partial charge >= 0.3 is 0 Å². The molecule has 0 spiro atoms. The molecule has 0 saturated heterocycles. The molecule has 26 heavy (non-hydrogen) atoms. The van der Waals surface area contributed by atoms with Gasteiger partial charge in [-0.25, -0.2) is 8.78 Å². The van der Waals surface area contributed by atoms with Crippen molar-refractivity contribution in [2.75, 3.05) is 16.4 Å². The number of carbonyl (C=O) groups is 2. The average Bonchev–Trinajstić information content (AvgIpc) is 3.44. The monoisotopic (exact) mass is 376 g/mol. The van der Waals surface area contributed by atoms with Crippen molar-refractivity contribution in [3.63, 3.8) is 0 Å². The quantitative estimate of drug-likeness (QED) is 0.737. The SMILES string of the molecule is Cc1ccc(NC(=O)C2CC2)cc1NC(=O)CSc1ccc(F)c(F)c1. The zero-order valence-corrected chi connectivity index (χ0v) is 15.0. The second kappa shape index (κ2) is 7.86. The molecule has 0 bridgehead atoms. The summed E-state index contributed by atoms with van der Waals surface area (Å²) in [5.41, 5.74) is 2.10. The van der Waals surface area contributed by atoms with E-state index < -0.39 is 11.6 Å². The van der Waals surface area contributed by atoms with Crippen LogP contribution in [0, 0.1) is 24.5 Å². The summed E-state index contributed by atoms with van der Waals surface area (Å²) < 4.78 is 26.1. The molecular weight excluding hydrogens is 358 g/mol. The van der Waals surface area contributed by atoms with Crippen molar-refractivity contribution in [3.05, 3.63) is 53.6 Å². The van der Waals surface area contributed by atoms with Gasteiger partial charge in [-0.3, -0.25) is 9.59 Å². The standard InChI is InChI=1S/C19H18F2N2O2S/c1-11-2-5-13(22-19(25)12-3-4-12)8-17(11)23-18(24)10-26-14-6-7-15(20)16(21)9-14/h2,5-9,12H,3-4,10H2,1H3,(H,22,25)(H,23,24). The molecule has 0 atom stereocenters. The Labute approximate surface area is 154 Å². The van der Waals surface area contributed by atoms with Crippen LogP contribution in [-0.2, 0) is 9.59 Å². The zero-order chi connectivity index (χ0) is 18.7. The molecule has 0 heterocycles. The highest BCUT2D eigenvalue weighted by Gasteiger charge is 2.29. The highest BCUT2D eigenvalue weighted by molar-refractivity contribution is 8.00. The molecule has 1 aliphatic rings. The fourth-order valence-electron chi connectivity index (χ4n) is 2.33. The van der Waals surface area contributed by atoms with E-state index in [0.29, 0.717) is 16.3 Å². The van der Waals surface area contributed by atoms with Crippen LogP contribution in [0.3, 0.4) is 0 Å². The predicted molar refractivity (Wildman–Crippen MR) is 98.2 cm³/mol. The third-order valence-corrected chi connectivity index (χ3v) is 4.98. The van der Waals surface area contributed by atoms with E-state index in [1.54, 1.807) is 12.1 Å². The van der Waals surface area contributed by atoms with E-state index in [2.05, 4.69) is 10.6 Å².